The van der Waals surface area contributed by atoms with Gasteiger partial charge in [0.25, 0.3) is 0 Å². The molecule has 1 aliphatic rings. The van der Waals surface area contributed by atoms with E-state index in [2.05, 4.69) is 46.7 Å². The minimum Gasteiger partial charge on any atom is -0.314 e. The highest BCUT2D eigenvalue weighted by Crippen LogP contribution is 2.05. The first-order valence-electron chi connectivity index (χ1n) is 6.54. The van der Waals surface area contributed by atoms with Gasteiger partial charge in [-0.25, -0.2) is 0 Å². The van der Waals surface area contributed by atoms with Crippen LogP contribution >= 0.6 is 0 Å². The summed E-state index contributed by atoms with van der Waals surface area (Å²) in [5, 5.41) is 6.90. The van der Waals surface area contributed by atoms with E-state index < -0.39 is 0 Å². The average Bonchev–Trinajstić information content (AvgIpc) is 2.38. The highest BCUT2D eigenvalue weighted by Gasteiger charge is 2.07. The molecule has 1 aliphatic heterocycles. The van der Waals surface area contributed by atoms with Gasteiger partial charge in [0.2, 0.25) is 0 Å². The fraction of sp³-hybridized carbons (Fsp3) is 0.571. The second-order valence-electron chi connectivity index (χ2n) is 4.69. The molecule has 0 unspecified atom stereocenters. The number of benzene rings is 1. The summed E-state index contributed by atoms with van der Waals surface area (Å²) in [5.74, 6) is 0. The van der Waals surface area contributed by atoms with Crippen LogP contribution in [0.15, 0.2) is 24.3 Å². The van der Waals surface area contributed by atoms with Crippen molar-refractivity contribution >= 4 is 0 Å². The minimum atomic E-state index is 0.985. The predicted octanol–water partition coefficient (Wildman–Crippen LogP) is 0.990. The van der Waals surface area contributed by atoms with Crippen molar-refractivity contribution < 1.29 is 0 Å². The highest BCUT2D eigenvalue weighted by molar-refractivity contribution is 5.25. The Morgan fingerprint density at radius 3 is 2.76 bits per heavy atom. The van der Waals surface area contributed by atoms with Crippen LogP contribution in [0.5, 0.6) is 0 Å². The molecule has 0 bridgehead atoms. The van der Waals surface area contributed by atoms with Gasteiger partial charge in [0, 0.05) is 45.8 Å². The maximum Gasteiger partial charge on any atom is 0.0208 e. The van der Waals surface area contributed by atoms with E-state index in [1.54, 1.807) is 0 Å². The third-order valence-corrected chi connectivity index (χ3v) is 3.39. The summed E-state index contributed by atoms with van der Waals surface area (Å²) >= 11 is 0. The minimum absolute atomic E-state index is 0.985. The van der Waals surface area contributed by atoms with Crippen LogP contribution in [-0.4, -0.2) is 44.2 Å². The summed E-state index contributed by atoms with van der Waals surface area (Å²) < 4.78 is 0. The number of aryl methyl sites for hydroxylation is 1. The summed E-state index contributed by atoms with van der Waals surface area (Å²) in [4.78, 5) is 2.52. The lowest BCUT2D eigenvalue weighted by molar-refractivity contribution is 0.241. The lowest BCUT2D eigenvalue weighted by atomic mass is 10.1. The van der Waals surface area contributed by atoms with Gasteiger partial charge in [-0.2, -0.15) is 0 Å². The van der Waals surface area contributed by atoms with Crippen molar-refractivity contribution in [1.82, 2.24) is 15.5 Å². The van der Waals surface area contributed by atoms with Crippen molar-refractivity contribution in [1.29, 1.82) is 0 Å². The molecule has 94 valence electrons. The van der Waals surface area contributed by atoms with Gasteiger partial charge >= 0.3 is 0 Å². The van der Waals surface area contributed by atoms with Gasteiger partial charge < -0.3 is 10.6 Å². The number of nitrogens with zero attached hydrogens (tertiary/aromatic N) is 1. The molecule has 0 aliphatic carbocycles. The Labute approximate surface area is 104 Å². The van der Waals surface area contributed by atoms with E-state index in [0.717, 1.165) is 32.7 Å². The normalized spacial score (nSPS) is 17.2. The van der Waals surface area contributed by atoms with E-state index in [1.807, 2.05) is 0 Å². The number of hydrogen-bond donors (Lipinski definition) is 2. The summed E-state index contributed by atoms with van der Waals surface area (Å²) in [6, 6.07) is 8.58. The van der Waals surface area contributed by atoms with E-state index in [4.69, 9.17) is 0 Å². The van der Waals surface area contributed by atoms with Gasteiger partial charge in [-0.1, -0.05) is 24.3 Å². The molecule has 0 spiro atoms. The molecular formula is C14H23N3. The maximum atomic E-state index is 3.53. The maximum absolute atomic E-state index is 3.53. The van der Waals surface area contributed by atoms with E-state index in [-0.39, 0.29) is 0 Å². The van der Waals surface area contributed by atoms with Crippen molar-refractivity contribution in [2.24, 2.45) is 0 Å². The molecule has 1 fully saturated rings. The fourth-order valence-corrected chi connectivity index (χ4v) is 2.20. The number of hydrogen-bond acceptors (Lipinski definition) is 3. The molecule has 1 saturated heterocycles. The van der Waals surface area contributed by atoms with Crippen molar-refractivity contribution in [2.75, 3.05) is 39.3 Å². The molecule has 0 atom stereocenters. The zero-order chi connectivity index (χ0) is 11.9. The fourth-order valence-electron chi connectivity index (χ4n) is 2.20. The van der Waals surface area contributed by atoms with E-state index in [1.165, 1.54) is 24.2 Å². The molecule has 0 radical (unpaired) electrons. The summed E-state index contributed by atoms with van der Waals surface area (Å²) in [5.41, 5.74) is 2.79. The van der Waals surface area contributed by atoms with Crippen molar-refractivity contribution in [3.63, 3.8) is 0 Å². The van der Waals surface area contributed by atoms with Gasteiger partial charge in [-0.15, -0.1) is 0 Å². The molecule has 1 aromatic carbocycles. The Morgan fingerprint density at radius 2 is 2.00 bits per heavy atom. The number of nitrogens with one attached hydrogen (secondary N) is 2. The molecular weight excluding hydrogens is 210 g/mol. The van der Waals surface area contributed by atoms with E-state index in [0.29, 0.717) is 0 Å². The lowest BCUT2D eigenvalue weighted by Crippen LogP contribution is -2.45. The van der Waals surface area contributed by atoms with Crippen LogP contribution in [-0.2, 0) is 6.54 Å². The molecule has 1 heterocycles. The second-order valence-corrected chi connectivity index (χ2v) is 4.69. The molecule has 0 saturated carbocycles. The molecule has 1 aromatic rings. The Hall–Kier alpha value is -0.900. The summed E-state index contributed by atoms with van der Waals surface area (Å²) in [7, 11) is 0. The molecule has 0 amide bonds. The zero-order valence-corrected chi connectivity index (χ0v) is 10.7. The molecule has 0 aromatic heterocycles. The Morgan fingerprint density at radius 1 is 1.24 bits per heavy atom. The van der Waals surface area contributed by atoms with Gasteiger partial charge in [-0.3, -0.25) is 4.90 Å². The lowest BCUT2D eigenvalue weighted by Gasteiger charge is -2.27. The Bertz CT molecular complexity index is 332. The summed E-state index contributed by atoms with van der Waals surface area (Å²) in [6.07, 6.45) is 0. The summed E-state index contributed by atoms with van der Waals surface area (Å²) in [6.45, 7) is 10.0. The monoisotopic (exact) mass is 233 g/mol. The van der Waals surface area contributed by atoms with E-state index in [9.17, 15) is 0 Å². The van der Waals surface area contributed by atoms with Crippen LogP contribution in [0.3, 0.4) is 0 Å². The quantitative estimate of drug-likeness (QED) is 0.743. The van der Waals surface area contributed by atoms with Crippen LogP contribution in [0.25, 0.3) is 0 Å². The first-order chi connectivity index (χ1) is 8.36. The zero-order valence-electron chi connectivity index (χ0n) is 10.7. The molecule has 2 rings (SSSR count). The molecule has 3 nitrogen and oxygen atoms in total. The van der Waals surface area contributed by atoms with Crippen LogP contribution in [0.2, 0.25) is 0 Å². The first kappa shape index (κ1) is 12.6. The largest absolute Gasteiger partial charge is 0.314 e. The van der Waals surface area contributed by atoms with Crippen LogP contribution in [0.4, 0.5) is 0 Å². The Balaban J connectivity index is 1.64. The van der Waals surface area contributed by atoms with Crippen molar-refractivity contribution in [3.8, 4) is 0 Å². The van der Waals surface area contributed by atoms with Crippen LogP contribution in [0.1, 0.15) is 11.1 Å². The van der Waals surface area contributed by atoms with Crippen molar-refractivity contribution in [3.05, 3.63) is 35.4 Å². The van der Waals surface area contributed by atoms with Crippen LogP contribution in [0, 0.1) is 6.92 Å². The average molecular weight is 233 g/mol. The second kappa shape index (κ2) is 6.74. The van der Waals surface area contributed by atoms with Crippen LogP contribution < -0.4 is 10.6 Å². The van der Waals surface area contributed by atoms with Crippen molar-refractivity contribution in [2.45, 2.75) is 13.5 Å². The number of rotatable bonds is 5. The topological polar surface area (TPSA) is 27.3 Å². The molecule has 2 N–H and O–H groups in total. The van der Waals surface area contributed by atoms with Gasteiger partial charge in [0.05, 0.1) is 0 Å². The number of piperazine rings is 1. The predicted molar refractivity (Wildman–Crippen MR) is 72.2 cm³/mol. The van der Waals surface area contributed by atoms with E-state index >= 15 is 0 Å². The SMILES string of the molecule is Cc1ccccc1CNCCN1CCNCC1. The smallest absolute Gasteiger partial charge is 0.0208 e. The molecule has 17 heavy (non-hydrogen) atoms. The van der Waals surface area contributed by atoms with Gasteiger partial charge in [-0.05, 0) is 18.1 Å². The standard InChI is InChI=1S/C14H23N3/c1-13-4-2-3-5-14(13)12-16-8-11-17-9-6-15-7-10-17/h2-5,15-16H,6-12H2,1H3. The van der Waals surface area contributed by atoms with Gasteiger partial charge in [0.15, 0.2) is 0 Å². The first-order valence-corrected chi connectivity index (χ1v) is 6.54. The third-order valence-electron chi connectivity index (χ3n) is 3.39. The third kappa shape index (κ3) is 4.11. The molecule has 3 heteroatoms. The van der Waals surface area contributed by atoms with Gasteiger partial charge in [0.1, 0.15) is 0 Å². The Kier molecular flexibility index (Phi) is 4.98. The highest BCUT2D eigenvalue weighted by atomic mass is 15.2.